The molecular formula is C11H23NO. The average Bonchev–Trinajstić information content (AvgIpc) is 2.16. The predicted octanol–water partition coefficient (Wildman–Crippen LogP) is 1.93. The lowest BCUT2D eigenvalue weighted by Crippen LogP contribution is -2.33. The lowest BCUT2D eigenvalue weighted by molar-refractivity contribution is 0.107. The van der Waals surface area contributed by atoms with Crippen molar-refractivity contribution in [1.82, 2.24) is 5.32 Å². The van der Waals surface area contributed by atoms with Gasteiger partial charge < -0.3 is 10.4 Å². The van der Waals surface area contributed by atoms with Crippen molar-refractivity contribution in [2.24, 2.45) is 5.92 Å². The van der Waals surface area contributed by atoms with E-state index >= 15 is 0 Å². The van der Waals surface area contributed by atoms with Crippen molar-refractivity contribution < 1.29 is 5.11 Å². The molecule has 1 fully saturated rings. The highest BCUT2D eigenvalue weighted by Crippen LogP contribution is 2.23. The molecule has 1 saturated carbocycles. The second-order valence-corrected chi connectivity index (χ2v) is 4.39. The van der Waals surface area contributed by atoms with Gasteiger partial charge in [0.25, 0.3) is 0 Å². The van der Waals surface area contributed by atoms with Crippen LogP contribution in [-0.2, 0) is 0 Å². The van der Waals surface area contributed by atoms with E-state index in [0.29, 0.717) is 6.04 Å². The van der Waals surface area contributed by atoms with Gasteiger partial charge in [-0.3, -0.25) is 0 Å². The lowest BCUT2D eigenvalue weighted by atomic mass is 9.87. The van der Waals surface area contributed by atoms with Gasteiger partial charge in [-0.05, 0) is 51.5 Å². The molecule has 0 aromatic heterocycles. The van der Waals surface area contributed by atoms with Crippen LogP contribution in [-0.4, -0.2) is 23.8 Å². The lowest BCUT2D eigenvalue weighted by Gasteiger charge is -2.26. The van der Waals surface area contributed by atoms with Gasteiger partial charge in [0, 0.05) is 6.04 Å². The van der Waals surface area contributed by atoms with E-state index in [1.165, 1.54) is 19.3 Å². The monoisotopic (exact) mass is 185 g/mol. The van der Waals surface area contributed by atoms with Crippen LogP contribution < -0.4 is 5.32 Å². The molecule has 13 heavy (non-hydrogen) atoms. The van der Waals surface area contributed by atoms with Gasteiger partial charge >= 0.3 is 0 Å². The molecule has 2 heteroatoms. The third kappa shape index (κ3) is 4.10. The van der Waals surface area contributed by atoms with Gasteiger partial charge in [-0.25, -0.2) is 0 Å². The summed E-state index contributed by atoms with van der Waals surface area (Å²) in [6.45, 7) is 5.59. The molecule has 0 aromatic rings. The zero-order chi connectivity index (χ0) is 9.68. The third-order valence-corrected chi connectivity index (χ3v) is 3.18. The number of nitrogens with one attached hydrogen (secondary N) is 1. The fourth-order valence-electron chi connectivity index (χ4n) is 1.86. The molecule has 0 amide bonds. The minimum atomic E-state index is -0.0140. The summed E-state index contributed by atoms with van der Waals surface area (Å²) in [6, 6.07) is 0.645. The zero-order valence-electron chi connectivity index (χ0n) is 8.92. The van der Waals surface area contributed by atoms with Crippen molar-refractivity contribution in [1.29, 1.82) is 0 Å². The van der Waals surface area contributed by atoms with Crippen LogP contribution >= 0.6 is 0 Å². The van der Waals surface area contributed by atoms with Crippen molar-refractivity contribution in [3.05, 3.63) is 0 Å². The fraction of sp³-hybridized carbons (Fsp3) is 1.00. The van der Waals surface area contributed by atoms with Crippen molar-refractivity contribution >= 4 is 0 Å². The van der Waals surface area contributed by atoms with E-state index in [9.17, 15) is 5.11 Å². The molecule has 1 unspecified atom stereocenters. The highest BCUT2D eigenvalue weighted by Gasteiger charge is 2.19. The van der Waals surface area contributed by atoms with Gasteiger partial charge in [0.2, 0.25) is 0 Å². The Balaban J connectivity index is 2.08. The molecule has 0 bridgehead atoms. The molecular weight excluding hydrogens is 162 g/mol. The molecule has 0 aliphatic heterocycles. The predicted molar refractivity (Wildman–Crippen MR) is 55.7 cm³/mol. The van der Waals surface area contributed by atoms with Gasteiger partial charge in [0.05, 0.1) is 6.10 Å². The summed E-state index contributed by atoms with van der Waals surface area (Å²) in [5.41, 5.74) is 0. The Kier molecular flexibility index (Phi) is 4.74. The second-order valence-electron chi connectivity index (χ2n) is 4.39. The van der Waals surface area contributed by atoms with E-state index in [1.807, 2.05) is 0 Å². The molecule has 0 saturated heterocycles. The minimum absolute atomic E-state index is 0.0140. The average molecular weight is 185 g/mol. The molecule has 1 aliphatic carbocycles. The van der Waals surface area contributed by atoms with Crippen molar-refractivity contribution in [3.63, 3.8) is 0 Å². The van der Waals surface area contributed by atoms with Crippen LogP contribution in [0.3, 0.4) is 0 Å². The van der Waals surface area contributed by atoms with Crippen molar-refractivity contribution in [2.45, 2.75) is 58.1 Å². The Morgan fingerprint density at radius 2 is 1.92 bits per heavy atom. The molecule has 0 aromatic carbocycles. The molecule has 2 nitrogen and oxygen atoms in total. The molecule has 1 rings (SSSR count). The number of aliphatic hydroxyl groups excluding tert-OH is 1. The molecule has 1 atom stereocenters. The maximum atomic E-state index is 9.33. The first-order valence-corrected chi connectivity index (χ1v) is 5.63. The normalized spacial score (nSPS) is 31.6. The number of aliphatic hydroxyl groups is 1. The molecule has 0 heterocycles. The van der Waals surface area contributed by atoms with E-state index in [1.54, 1.807) is 0 Å². The first kappa shape index (κ1) is 11.0. The molecule has 0 spiro atoms. The third-order valence-electron chi connectivity index (χ3n) is 3.18. The van der Waals surface area contributed by atoms with Crippen LogP contribution in [0.1, 0.15) is 46.0 Å². The summed E-state index contributed by atoms with van der Waals surface area (Å²) in [4.78, 5) is 0. The standard InChI is InChI=1S/C11H23NO/c1-3-9(2)12-8-10-4-6-11(13)7-5-10/h9-13H,3-8H2,1-2H3. The van der Waals surface area contributed by atoms with Gasteiger partial charge in [-0.15, -0.1) is 0 Å². The molecule has 2 N–H and O–H groups in total. The van der Waals surface area contributed by atoms with E-state index in [-0.39, 0.29) is 6.10 Å². The maximum absolute atomic E-state index is 9.33. The molecule has 1 aliphatic rings. The highest BCUT2D eigenvalue weighted by atomic mass is 16.3. The SMILES string of the molecule is CCC(C)NCC1CCC(O)CC1. The summed E-state index contributed by atoms with van der Waals surface area (Å²) in [6.07, 6.45) is 5.60. The van der Waals surface area contributed by atoms with Crippen LogP contribution in [0.4, 0.5) is 0 Å². The zero-order valence-corrected chi connectivity index (χ0v) is 8.92. The first-order chi connectivity index (χ1) is 6.22. The Hall–Kier alpha value is -0.0800. The number of hydrogen-bond acceptors (Lipinski definition) is 2. The van der Waals surface area contributed by atoms with Crippen LogP contribution in [0.15, 0.2) is 0 Å². The Morgan fingerprint density at radius 3 is 2.46 bits per heavy atom. The van der Waals surface area contributed by atoms with E-state index < -0.39 is 0 Å². The summed E-state index contributed by atoms with van der Waals surface area (Å²) in [5.74, 6) is 0.803. The smallest absolute Gasteiger partial charge is 0.0540 e. The van der Waals surface area contributed by atoms with Gasteiger partial charge in [0.1, 0.15) is 0 Å². The van der Waals surface area contributed by atoms with Crippen LogP contribution in [0, 0.1) is 5.92 Å². The summed E-state index contributed by atoms with van der Waals surface area (Å²) >= 11 is 0. The topological polar surface area (TPSA) is 32.3 Å². The summed E-state index contributed by atoms with van der Waals surface area (Å²) in [5, 5.41) is 12.9. The van der Waals surface area contributed by atoms with Crippen LogP contribution in [0.5, 0.6) is 0 Å². The Labute approximate surface area is 81.7 Å². The first-order valence-electron chi connectivity index (χ1n) is 5.63. The van der Waals surface area contributed by atoms with Gasteiger partial charge in [-0.1, -0.05) is 6.92 Å². The van der Waals surface area contributed by atoms with E-state index in [0.717, 1.165) is 25.3 Å². The summed E-state index contributed by atoms with van der Waals surface area (Å²) < 4.78 is 0. The van der Waals surface area contributed by atoms with Crippen molar-refractivity contribution in [3.8, 4) is 0 Å². The van der Waals surface area contributed by atoms with Crippen LogP contribution in [0.25, 0.3) is 0 Å². The highest BCUT2D eigenvalue weighted by molar-refractivity contribution is 4.74. The van der Waals surface area contributed by atoms with Crippen LogP contribution in [0.2, 0.25) is 0 Å². The quantitative estimate of drug-likeness (QED) is 0.701. The Bertz CT molecular complexity index is 130. The largest absolute Gasteiger partial charge is 0.393 e. The fourth-order valence-corrected chi connectivity index (χ4v) is 1.86. The van der Waals surface area contributed by atoms with Gasteiger partial charge in [-0.2, -0.15) is 0 Å². The Morgan fingerprint density at radius 1 is 1.31 bits per heavy atom. The maximum Gasteiger partial charge on any atom is 0.0540 e. The number of rotatable bonds is 4. The molecule has 78 valence electrons. The molecule has 0 radical (unpaired) electrons. The second kappa shape index (κ2) is 5.61. The van der Waals surface area contributed by atoms with Gasteiger partial charge in [0.15, 0.2) is 0 Å². The minimum Gasteiger partial charge on any atom is -0.393 e. The van der Waals surface area contributed by atoms with Crippen molar-refractivity contribution in [2.75, 3.05) is 6.54 Å². The van der Waals surface area contributed by atoms with E-state index in [2.05, 4.69) is 19.2 Å². The summed E-state index contributed by atoms with van der Waals surface area (Å²) in [7, 11) is 0. The van der Waals surface area contributed by atoms with E-state index in [4.69, 9.17) is 0 Å². The number of hydrogen-bond donors (Lipinski definition) is 2.